The molecule has 112 valence electrons. The first-order valence-corrected chi connectivity index (χ1v) is 7.72. The summed E-state index contributed by atoms with van der Waals surface area (Å²) in [5.74, 6) is -1.24. The van der Waals surface area contributed by atoms with Gasteiger partial charge in [-0.15, -0.1) is 0 Å². The minimum atomic E-state index is -3.87. The second-order valence-corrected chi connectivity index (χ2v) is 6.24. The maximum absolute atomic E-state index is 12.0. The molecule has 1 aromatic carbocycles. The number of benzene rings is 1. The molecule has 2 N–H and O–H groups in total. The number of carbonyl (C=O) groups is 1. The van der Waals surface area contributed by atoms with Gasteiger partial charge in [-0.05, 0) is 12.5 Å². The van der Waals surface area contributed by atoms with Gasteiger partial charge in [-0.2, -0.15) is 4.72 Å². The lowest BCUT2D eigenvalue weighted by atomic mass is 10.1. The van der Waals surface area contributed by atoms with Crippen LogP contribution < -0.4 is 4.72 Å². The highest BCUT2D eigenvalue weighted by Gasteiger charge is 2.26. The van der Waals surface area contributed by atoms with Crippen LogP contribution in [0.2, 0.25) is 0 Å². The third-order valence-electron chi connectivity index (χ3n) is 2.69. The van der Waals surface area contributed by atoms with E-state index in [4.69, 9.17) is 4.52 Å². The van der Waals surface area contributed by atoms with Gasteiger partial charge in [-0.1, -0.05) is 35.5 Å². The number of nitrogens with zero attached hydrogens (tertiary/aromatic N) is 1. The van der Waals surface area contributed by atoms with Crippen LogP contribution in [0.25, 0.3) is 0 Å². The fourth-order valence-corrected chi connectivity index (χ4v) is 3.01. The van der Waals surface area contributed by atoms with Crippen LogP contribution in [-0.2, 0) is 20.6 Å². The average molecular weight is 310 g/mol. The van der Waals surface area contributed by atoms with E-state index in [9.17, 15) is 18.3 Å². The second kappa shape index (κ2) is 6.06. The van der Waals surface area contributed by atoms with Crippen LogP contribution in [0.15, 0.2) is 40.9 Å². The second-order valence-electron chi connectivity index (χ2n) is 4.49. The highest BCUT2D eigenvalue weighted by molar-refractivity contribution is 7.88. The number of sulfonamides is 1. The largest absolute Gasteiger partial charge is 0.480 e. The van der Waals surface area contributed by atoms with Gasteiger partial charge < -0.3 is 9.63 Å². The molecule has 0 aliphatic rings. The molecule has 0 spiro atoms. The van der Waals surface area contributed by atoms with Crippen LogP contribution in [-0.4, -0.2) is 24.7 Å². The summed E-state index contributed by atoms with van der Waals surface area (Å²) in [6.45, 7) is 1.64. The van der Waals surface area contributed by atoms with E-state index in [1.54, 1.807) is 37.3 Å². The zero-order valence-electron chi connectivity index (χ0n) is 11.2. The fraction of sp³-hybridized carbons (Fsp3) is 0.231. The lowest BCUT2D eigenvalue weighted by molar-refractivity contribution is -0.139. The molecule has 0 aliphatic heterocycles. The molecule has 0 unspecified atom stereocenters. The molecule has 1 heterocycles. The van der Waals surface area contributed by atoms with Crippen molar-refractivity contribution in [1.29, 1.82) is 0 Å². The van der Waals surface area contributed by atoms with Crippen molar-refractivity contribution in [3.8, 4) is 0 Å². The van der Waals surface area contributed by atoms with Crippen molar-refractivity contribution in [2.45, 2.75) is 18.7 Å². The number of hydrogen-bond donors (Lipinski definition) is 2. The molecule has 0 radical (unpaired) electrons. The monoisotopic (exact) mass is 310 g/mol. The number of carboxylic acids is 1. The van der Waals surface area contributed by atoms with E-state index in [0.29, 0.717) is 11.3 Å². The minimum Gasteiger partial charge on any atom is -0.480 e. The predicted molar refractivity (Wildman–Crippen MR) is 73.8 cm³/mol. The summed E-state index contributed by atoms with van der Waals surface area (Å²) in [7, 11) is -3.87. The van der Waals surface area contributed by atoms with Crippen LogP contribution in [0.3, 0.4) is 0 Å². The van der Waals surface area contributed by atoms with Gasteiger partial charge in [0.25, 0.3) is 0 Å². The molecule has 0 fully saturated rings. The Balaban J connectivity index is 2.18. The van der Waals surface area contributed by atoms with Crippen LogP contribution >= 0.6 is 0 Å². The van der Waals surface area contributed by atoms with Crippen LogP contribution in [0.5, 0.6) is 0 Å². The standard InChI is InChI=1S/C13H14N2O5S/c1-9-7-11(14-20-9)8-21(18,19)15-12(13(16)17)10-5-3-2-4-6-10/h2-7,12,15H,8H2,1H3,(H,16,17)/t12-/m0/s1. The molecule has 2 aromatic rings. The van der Waals surface area contributed by atoms with Gasteiger partial charge in [0.15, 0.2) is 0 Å². The molecule has 1 aromatic heterocycles. The Morgan fingerprint density at radius 2 is 2.05 bits per heavy atom. The molecular weight excluding hydrogens is 296 g/mol. The summed E-state index contributed by atoms with van der Waals surface area (Å²) in [6.07, 6.45) is 0. The minimum absolute atomic E-state index is 0.220. The van der Waals surface area contributed by atoms with Gasteiger partial charge in [-0.3, -0.25) is 4.79 Å². The van der Waals surface area contributed by atoms with Gasteiger partial charge in [-0.25, -0.2) is 8.42 Å². The van der Waals surface area contributed by atoms with Gasteiger partial charge in [0.1, 0.15) is 23.2 Å². The molecule has 2 rings (SSSR count). The predicted octanol–water partition coefficient (Wildman–Crippen LogP) is 1.23. The molecular formula is C13H14N2O5S. The summed E-state index contributed by atoms with van der Waals surface area (Å²) in [6, 6.07) is 8.22. The van der Waals surface area contributed by atoms with Crippen LogP contribution in [0.1, 0.15) is 23.1 Å². The smallest absolute Gasteiger partial charge is 0.326 e. The van der Waals surface area contributed by atoms with Crippen molar-refractivity contribution in [3.63, 3.8) is 0 Å². The molecule has 0 amide bonds. The van der Waals surface area contributed by atoms with Gasteiger partial charge >= 0.3 is 5.97 Å². The van der Waals surface area contributed by atoms with E-state index in [1.165, 1.54) is 6.07 Å². The number of nitrogens with one attached hydrogen (secondary N) is 1. The SMILES string of the molecule is Cc1cc(CS(=O)(=O)N[C@H](C(=O)O)c2ccccc2)no1. The first-order chi connectivity index (χ1) is 9.87. The molecule has 21 heavy (non-hydrogen) atoms. The zero-order valence-corrected chi connectivity index (χ0v) is 12.0. The fourth-order valence-electron chi connectivity index (χ4n) is 1.81. The van der Waals surface area contributed by atoms with Crippen LogP contribution in [0.4, 0.5) is 0 Å². The van der Waals surface area contributed by atoms with Gasteiger partial charge in [0.05, 0.1) is 0 Å². The van der Waals surface area contributed by atoms with E-state index in [-0.39, 0.29) is 5.69 Å². The Bertz CT molecular complexity index is 724. The van der Waals surface area contributed by atoms with Crippen molar-refractivity contribution < 1.29 is 22.8 Å². The number of aromatic nitrogens is 1. The number of aliphatic carboxylic acids is 1. The Morgan fingerprint density at radius 1 is 1.38 bits per heavy atom. The Kier molecular flexibility index (Phi) is 4.39. The molecule has 0 bridgehead atoms. The van der Waals surface area contributed by atoms with Crippen molar-refractivity contribution in [2.75, 3.05) is 0 Å². The lowest BCUT2D eigenvalue weighted by Gasteiger charge is -2.14. The number of aryl methyl sites for hydroxylation is 1. The van der Waals surface area contributed by atoms with Crippen molar-refractivity contribution in [1.82, 2.24) is 9.88 Å². The number of rotatable bonds is 6. The van der Waals surface area contributed by atoms with Gasteiger partial charge in [0, 0.05) is 6.07 Å². The topological polar surface area (TPSA) is 110 Å². The van der Waals surface area contributed by atoms with Crippen molar-refractivity contribution >= 4 is 16.0 Å². The number of carboxylic acid groups (broad SMARTS) is 1. The first-order valence-electron chi connectivity index (χ1n) is 6.07. The normalized spacial score (nSPS) is 13.0. The van der Waals surface area contributed by atoms with Gasteiger partial charge in [0.2, 0.25) is 10.0 Å². The quantitative estimate of drug-likeness (QED) is 0.830. The molecule has 7 nitrogen and oxygen atoms in total. The van der Waals surface area contributed by atoms with E-state index < -0.39 is 27.8 Å². The summed E-state index contributed by atoms with van der Waals surface area (Å²) in [5, 5.41) is 12.8. The maximum atomic E-state index is 12.0. The molecule has 1 atom stereocenters. The third-order valence-corrected chi connectivity index (χ3v) is 3.96. The Hall–Kier alpha value is -2.19. The molecule has 0 saturated heterocycles. The summed E-state index contributed by atoms with van der Waals surface area (Å²) >= 11 is 0. The average Bonchev–Trinajstić information content (AvgIpc) is 2.81. The Morgan fingerprint density at radius 3 is 2.57 bits per heavy atom. The van der Waals surface area contributed by atoms with Crippen LogP contribution in [0, 0.1) is 6.92 Å². The zero-order chi connectivity index (χ0) is 15.5. The van der Waals surface area contributed by atoms with Crippen molar-refractivity contribution in [3.05, 3.63) is 53.4 Å². The first kappa shape index (κ1) is 15.2. The highest BCUT2D eigenvalue weighted by atomic mass is 32.2. The van der Waals surface area contributed by atoms with E-state index in [0.717, 1.165) is 0 Å². The van der Waals surface area contributed by atoms with E-state index in [1.807, 2.05) is 0 Å². The maximum Gasteiger partial charge on any atom is 0.326 e. The summed E-state index contributed by atoms with van der Waals surface area (Å²) < 4.78 is 31.0. The Labute approximate surface area is 121 Å². The molecule has 8 heteroatoms. The molecule has 0 saturated carbocycles. The third kappa shape index (κ3) is 4.14. The van der Waals surface area contributed by atoms with E-state index in [2.05, 4.69) is 9.88 Å². The highest BCUT2D eigenvalue weighted by Crippen LogP contribution is 2.15. The number of hydrogen-bond acceptors (Lipinski definition) is 5. The summed E-state index contributed by atoms with van der Waals surface area (Å²) in [5.41, 5.74) is 0.571. The molecule has 0 aliphatic carbocycles. The van der Waals surface area contributed by atoms with E-state index >= 15 is 0 Å². The summed E-state index contributed by atoms with van der Waals surface area (Å²) in [4.78, 5) is 11.3. The van der Waals surface area contributed by atoms with Crippen molar-refractivity contribution in [2.24, 2.45) is 0 Å². The lowest BCUT2D eigenvalue weighted by Crippen LogP contribution is -2.34.